The second-order valence-electron chi connectivity index (χ2n) is 6.68. The highest BCUT2D eigenvalue weighted by Crippen LogP contribution is 2.12. The molecule has 0 atom stereocenters. The summed E-state index contributed by atoms with van der Waals surface area (Å²) in [5.41, 5.74) is 1.21. The summed E-state index contributed by atoms with van der Waals surface area (Å²) in [6, 6.07) is 8.24. The van der Waals surface area contributed by atoms with Crippen LogP contribution in [-0.2, 0) is 6.54 Å². The summed E-state index contributed by atoms with van der Waals surface area (Å²) >= 11 is 0. The van der Waals surface area contributed by atoms with E-state index in [-0.39, 0.29) is 0 Å². The zero-order chi connectivity index (χ0) is 17.8. The maximum Gasteiger partial charge on any atom is 0.191 e. The van der Waals surface area contributed by atoms with Gasteiger partial charge in [-0.1, -0.05) is 26.0 Å². The molecule has 1 rings (SSSR count). The Balaban J connectivity index is 2.30. The van der Waals surface area contributed by atoms with E-state index in [4.69, 9.17) is 4.74 Å². The van der Waals surface area contributed by atoms with Gasteiger partial charge in [-0.2, -0.15) is 0 Å². The summed E-state index contributed by atoms with van der Waals surface area (Å²) in [6.45, 7) is 7.94. The molecule has 24 heavy (non-hydrogen) atoms. The van der Waals surface area contributed by atoms with E-state index in [0.717, 1.165) is 50.8 Å². The van der Waals surface area contributed by atoms with Crippen LogP contribution in [0, 0.1) is 5.92 Å². The average Bonchev–Trinajstić information content (AvgIpc) is 2.55. The van der Waals surface area contributed by atoms with Crippen molar-refractivity contribution in [3.05, 3.63) is 29.8 Å². The fourth-order valence-corrected chi connectivity index (χ4v) is 2.16. The molecule has 0 bridgehead atoms. The number of benzene rings is 1. The normalized spacial score (nSPS) is 11.9. The zero-order valence-electron chi connectivity index (χ0n) is 15.9. The molecule has 5 nitrogen and oxygen atoms in total. The van der Waals surface area contributed by atoms with E-state index < -0.39 is 0 Å². The van der Waals surface area contributed by atoms with Gasteiger partial charge in [0.15, 0.2) is 5.96 Å². The lowest BCUT2D eigenvalue weighted by Gasteiger charge is -2.13. The van der Waals surface area contributed by atoms with Crippen LogP contribution in [0.25, 0.3) is 0 Å². The van der Waals surface area contributed by atoms with Crippen LogP contribution in [0.3, 0.4) is 0 Å². The minimum absolute atomic E-state index is 0.695. The predicted octanol–water partition coefficient (Wildman–Crippen LogP) is 2.73. The Morgan fingerprint density at radius 2 is 1.88 bits per heavy atom. The molecule has 1 aromatic rings. The number of hydrogen-bond donors (Lipinski definition) is 2. The molecule has 2 N–H and O–H groups in total. The fraction of sp³-hybridized carbons (Fsp3) is 0.632. The van der Waals surface area contributed by atoms with Crippen molar-refractivity contribution >= 4 is 5.96 Å². The molecule has 0 aliphatic heterocycles. The Labute approximate surface area is 147 Å². The van der Waals surface area contributed by atoms with E-state index in [1.54, 1.807) is 7.05 Å². The van der Waals surface area contributed by atoms with Crippen molar-refractivity contribution in [2.24, 2.45) is 10.9 Å². The second-order valence-corrected chi connectivity index (χ2v) is 6.68. The molecule has 0 aromatic heterocycles. The Kier molecular flexibility index (Phi) is 9.92. The monoisotopic (exact) mass is 334 g/mol. The minimum Gasteiger partial charge on any atom is -0.494 e. The van der Waals surface area contributed by atoms with Gasteiger partial charge in [-0.05, 0) is 50.6 Å². The summed E-state index contributed by atoms with van der Waals surface area (Å²) in [6.07, 6.45) is 2.18. The summed E-state index contributed by atoms with van der Waals surface area (Å²) in [5.74, 6) is 2.47. The standard InChI is InChI=1S/C19H34N4O/c1-16(2)11-12-21-19(20-3)22-15-17-7-9-18(10-8-17)24-14-6-13-23(4)5/h7-10,16H,6,11-15H2,1-5H3,(H2,20,21,22). The van der Waals surface area contributed by atoms with Gasteiger partial charge in [0.25, 0.3) is 0 Å². The molecule has 0 saturated carbocycles. The Morgan fingerprint density at radius 1 is 1.17 bits per heavy atom. The first-order valence-corrected chi connectivity index (χ1v) is 8.82. The maximum absolute atomic E-state index is 5.75. The van der Waals surface area contributed by atoms with E-state index in [9.17, 15) is 0 Å². The summed E-state index contributed by atoms with van der Waals surface area (Å²) in [4.78, 5) is 6.41. The number of ether oxygens (including phenoxy) is 1. The molecule has 0 aliphatic rings. The van der Waals surface area contributed by atoms with E-state index in [2.05, 4.69) is 60.6 Å². The highest BCUT2D eigenvalue weighted by Gasteiger charge is 2.00. The number of guanidine groups is 1. The SMILES string of the molecule is CN=C(NCCC(C)C)NCc1ccc(OCCCN(C)C)cc1. The first-order chi connectivity index (χ1) is 11.5. The van der Waals surface area contributed by atoms with Crippen LogP contribution in [0.5, 0.6) is 5.75 Å². The quantitative estimate of drug-likeness (QED) is 0.392. The Hall–Kier alpha value is -1.75. The van der Waals surface area contributed by atoms with Gasteiger partial charge in [0, 0.05) is 26.7 Å². The highest BCUT2D eigenvalue weighted by molar-refractivity contribution is 5.79. The Bertz CT molecular complexity index is 469. The largest absolute Gasteiger partial charge is 0.494 e. The zero-order valence-corrected chi connectivity index (χ0v) is 15.9. The summed E-state index contributed by atoms with van der Waals surface area (Å²) in [5, 5.41) is 6.67. The van der Waals surface area contributed by atoms with E-state index in [1.165, 1.54) is 5.56 Å². The number of nitrogens with one attached hydrogen (secondary N) is 2. The van der Waals surface area contributed by atoms with Crippen LogP contribution >= 0.6 is 0 Å². The van der Waals surface area contributed by atoms with Crippen LogP contribution in [0.15, 0.2) is 29.3 Å². The first-order valence-electron chi connectivity index (χ1n) is 8.82. The predicted molar refractivity (Wildman–Crippen MR) is 103 cm³/mol. The van der Waals surface area contributed by atoms with Crippen LogP contribution < -0.4 is 15.4 Å². The molecule has 5 heteroatoms. The third-order valence-corrected chi connectivity index (χ3v) is 3.64. The van der Waals surface area contributed by atoms with E-state index in [1.807, 2.05) is 12.1 Å². The van der Waals surface area contributed by atoms with Gasteiger partial charge >= 0.3 is 0 Å². The van der Waals surface area contributed by atoms with Crippen molar-refractivity contribution in [3.63, 3.8) is 0 Å². The van der Waals surface area contributed by atoms with Gasteiger partial charge in [0.2, 0.25) is 0 Å². The number of hydrogen-bond acceptors (Lipinski definition) is 3. The molecule has 136 valence electrons. The van der Waals surface area contributed by atoms with Crippen molar-refractivity contribution in [1.82, 2.24) is 15.5 Å². The third kappa shape index (κ3) is 9.40. The van der Waals surface area contributed by atoms with E-state index >= 15 is 0 Å². The number of rotatable bonds is 10. The molecule has 0 unspecified atom stereocenters. The lowest BCUT2D eigenvalue weighted by Crippen LogP contribution is -2.37. The number of aliphatic imine (C=N–C) groups is 1. The molecular formula is C19H34N4O. The van der Waals surface area contributed by atoms with E-state index in [0.29, 0.717) is 5.92 Å². The molecule has 1 aromatic carbocycles. The van der Waals surface area contributed by atoms with Crippen LogP contribution in [-0.4, -0.2) is 51.7 Å². The second kappa shape index (κ2) is 11.7. The summed E-state index contributed by atoms with van der Waals surface area (Å²) in [7, 11) is 5.95. The van der Waals surface area contributed by atoms with Crippen LogP contribution in [0.4, 0.5) is 0 Å². The van der Waals surface area contributed by atoms with Crippen molar-refractivity contribution in [2.45, 2.75) is 33.2 Å². The van der Waals surface area contributed by atoms with Gasteiger partial charge in [-0.15, -0.1) is 0 Å². The van der Waals surface area contributed by atoms with Gasteiger partial charge < -0.3 is 20.3 Å². The molecule has 0 radical (unpaired) electrons. The fourth-order valence-electron chi connectivity index (χ4n) is 2.16. The molecule has 0 saturated heterocycles. The van der Waals surface area contributed by atoms with Gasteiger partial charge in [-0.3, -0.25) is 4.99 Å². The molecule has 0 amide bonds. The van der Waals surface area contributed by atoms with Crippen molar-refractivity contribution in [2.75, 3.05) is 40.8 Å². The highest BCUT2D eigenvalue weighted by atomic mass is 16.5. The van der Waals surface area contributed by atoms with Gasteiger partial charge in [0.1, 0.15) is 5.75 Å². The van der Waals surface area contributed by atoms with Crippen LogP contribution in [0.2, 0.25) is 0 Å². The molecule has 0 heterocycles. The van der Waals surface area contributed by atoms with Gasteiger partial charge in [0.05, 0.1) is 6.61 Å². The topological polar surface area (TPSA) is 48.9 Å². The van der Waals surface area contributed by atoms with Gasteiger partial charge in [-0.25, -0.2) is 0 Å². The minimum atomic E-state index is 0.695. The lowest BCUT2D eigenvalue weighted by molar-refractivity contribution is 0.281. The Morgan fingerprint density at radius 3 is 2.46 bits per heavy atom. The first kappa shape index (κ1) is 20.3. The van der Waals surface area contributed by atoms with Crippen molar-refractivity contribution < 1.29 is 4.74 Å². The lowest BCUT2D eigenvalue weighted by atomic mass is 10.1. The van der Waals surface area contributed by atoms with Crippen molar-refractivity contribution in [3.8, 4) is 5.75 Å². The summed E-state index contributed by atoms with van der Waals surface area (Å²) < 4.78 is 5.75. The molecular weight excluding hydrogens is 300 g/mol. The maximum atomic E-state index is 5.75. The third-order valence-electron chi connectivity index (χ3n) is 3.64. The van der Waals surface area contributed by atoms with Crippen molar-refractivity contribution in [1.29, 1.82) is 0 Å². The molecule has 0 spiro atoms. The van der Waals surface area contributed by atoms with Crippen LogP contribution in [0.1, 0.15) is 32.3 Å². The number of nitrogens with zero attached hydrogens (tertiary/aromatic N) is 2. The molecule has 0 aliphatic carbocycles. The smallest absolute Gasteiger partial charge is 0.191 e. The molecule has 0 fully saturated rings. The average molecular weight is 335 g/mol.